The summed E-state index contributed by atoms with van der Waals surface area (Å²) in [5.41, 5.74) is 2.08. The average molecular weight is 556 g/mol. The fourth-order valence-electron chi connectivity index (χ4n) is 3.28. The zero-order chi connectivity index (χ0) is 27.8. The summed E-state index contributed by atoms with van der Waals surface area (Å²) in [5, 5.41) is 11.6. The summed E-state index contributed by atoms with van der Waals surface area (Å²) in [6, 6.07) is 12.9. The smallest absolute Gasteiger partial charge is 0.471 e. The second-order valence-corrected chi connectivity index (χ2v) is 9.26. The number of carbonyl (C=O) groups is 1. The molecule has 2 rings (SSSR count). The van der Waals surface area contributed by atoms with Crippen LogP contribution >= 0.6 is 23.2 Å². The molecule has 0 aromatic heterocycles. The molecule has 0 atom stereocenters. The SMILES string of the molecule is CN=C(/C=C(\C)COc1ccc(C(C)(C)c2cc(Cl)c(OCCCl)c(C#N)c2)cc1)NC(=O)C(F)(F)F. The van der Waals surface area contributed by atoms with Gasteiger partial charge >= 0.3 is 12.1 Å². The lowest BCUT2D eigenvalue weighted by atomic mass is 9.77. The quantitative estimate of drug-likeness (QED) is 0.227. The molecule has 0 unspecified atom stereocenters. The van der Waals surface area contributed by atoms with Crippen LogP contribution in [-0.4, -0.2) is 44.1 Å². The number of aliphatic imine (C=N–C) groups is 1. The number of nitrogens with zero attached hydrogens (tertiary/aromatic N) is 2. The number of ether oxygens (including phenoxy) is 2. The Hall–Kier alpha value is -3.22. The van der Waals surface area contributed by atoms with Crippen LogP contribution in [0.3, 0.4) is 0 Å². The van der Waals surface area contributed by atoms with Gasteiger partial charge in [-0.2, -0.15) is 18.4 Å². The normalized spacial score (nSPS) is 12.6. The van der Waals surface area contributed by atoms with Crippen LogP contribution in [0.15, 0.2) is 53.0 Å². The van der Waals surface area contributed by atoms with Gasteiger partial charge in [-0.05, 0) is 54.0 Å². The van der Waals surface area contributed by atoms with Crippen molar-refractivity contribution >= 4 is 34.9 Å². The van der Waals surface area contributed by atoms with Crippen molar-refractivity contribution in [2.24, 2.45) is 4.99 Å². The van der Waals surface area contributed by atoms with Crippen molar-refractivity contribution < 1.29 is 27.4 Å². The minimum atomic E-state index is -5.01. The number of hydrogen-bond donors (Lipinski definition) is 1. The van der Waals surface area contributed by atoms with Crippen LogP contribution in [0.4, 0.5) is 13.2 Å². The zero-order valence-corrected chi connectivity index (χ0v) is 22.2. The Bertz CT molecular complexity index is 1220. The maximum atomic E-state index is 12.5. The summed E-state index contributed by atoms with van der Waals surface area (Å²) >= 11 is 12.1. The number of hydrogen-bond acceptors (Lipinski definition) is 5. The van der Waals surface area contributed by atoms with Gasteiger partial charge in [0.1, 0.15) is 30.9 Å². The van der Waals surface area contributed by atoms with Crippen LogP contribution in [0.25, 0.3) is 0 Å². The minimum absolute atomic E-state index is 0.0640. The highest BCUT2D eigenvalue weighted by molar-refractivity contribution is 6.32. The van der Waals surface area contributed by atoms with E-state index < -0.39 is 17.5 Å². The first-order valence-electron chi connectivity index (χ1n) is 11.0. The van der Waals surface area contributed by atoms with Crippen LogP contribution in [0.5, 0.6) is 11.5 Å². The van der Waals surface area contributed by atoms with Crippen molar-refractivity contribution in [2.75, 3.05) is 26.1 Å². The van der Waals surface area contributed by atoms with Crippen LogP contribution in [0.1, 0.15) is 37.5 Å². The molecular weight excluding hydrogens is 530 g/mol. The molecule has 6 nitrogen and oxygen atoms in total. The number of nitriles is 1. The maximum absolute atomic E-state index is 12.5. The number of rotatable bonds is 9. The van der Waals surface area contributed by atoms with E-state index in [9.17, 15) is 23.2 Å². The molecule has 0 spiro atoms. The number of halogens is 5. The Morgan fingerprint density at radius 2 is 1.81 bits per heavy atom. The maximum Gasteiger partial charge on any atom is 0.471 e. The van der Waals surface area contributed by atoms with E-state index in [1.54, 1.807) is 36.5 Å². The van der Waals surface area contributed by atoms with E-state index in [0.29, 0.717) is 27.7 Å². The highest BCUT2D eigenvalue weighted by Gasteiger charge is 2.39. The van der Waals surface area contributed by atoms with E-state index >= 15 is 0 Å². The molecule has 0 saturated heterocycles. The molecule has 0 fully saturated rings. The molecule has 0 heterocycles. The molecule has 1 amide bonds. The molecular formula is C26H26Cl2F3N3O3. The second kappa shape index (κ2) is 12.8. The van der Waals surface area contributed by atoms with E-state index in [2.05, 4.69) is 11.1 Å². The van der Waals surface area contributed by atoms with Gasteiger partial charge in [0.15, 0.2) is 5.75 Å². The Balaban J connectivity index is 2.14. The standard InChI is InChI=1S/C26H26Cl2F3N3O3/c1-16(11-22(33-4)34-24(35)26(29,30)31)15-37-20-7-5-18(6-8-20)25(2,3)19-12-17(14-32)23(21(28)13-19)36-10-9-27/h5-8,11-13H,9-10,15H2,1-4H3,(H,33,34,35)/b16-11+. The third-order valence-corrected chi connectivity index (χ3v) is 5.81. The van der Waals surface area contributed by atoms with Crippen molar-refractivity contribution in [2.45, 2.75) is 32.4 Å². The first-order valence-corrected chi connectivity index (χ1v) is 11.9. The number of amidine groups is 1. The third kappa shape index (κ3) is 8.14. The van der Waals surface area contributed by atoms with Gasteiger partial charge in [0.25, 0.3) is 0 Å². The molecule has 11 heteroatoms. The van der Waals surface area contributed by atoms with Gasteiger partial charge in [0.05, 0.1) is 16.5 Å². The summed E-state index contributed by atoms with van der Waals surface area (Å²) in [7, 11) is 1.27. The number of carbonyl (C=O) groups excluding carboxylic acids is 1. The number of nitrogens with one attached hydrogen (secondary N) is 1. The Morgan fingerprint density at radius 1 is 1.16 bits per heavy atom. The molecule has 37 heavy (non-hydrogen) atoms. The Labute approximate surface area is 223 Å². The van der Waals surface area contributed by atoms with Crippen molar-refractivity contribution in [1.82, 2.24) is 5.32 Å². The van der Waals surface area contributed by atoms with Crippen LogP contribution in [-0.2, 0) is 10.2 Å². The summed E-state index contributed by atoms with van der Waals surface area (Å²) in [4.78, 5) is 14.8. The molecule has 0 aliphatic rings. The van der Waals surface area contributed by atoms with E-state index in [1.165, 1.54) is 13.1 Å². The molecule has 1 N–H and O–H groups in total. The lowest BCUT2D eigenvalue weighted by molar-refractivity contribution is -0.171. The highest BCUT2D eigenvalue weighted by Crippen LogP contribution is 2.38. The zero-order valence-electron chi connectivity index (χ0n) is 20.7. The highest BCUT2D eigenvalue weighted by atomic mass is 35.5. The molecule has 0 aliphatic heterocycles. The van der Waals surface area contributed by atoms with Crippen LogP contribution in [0, 0.1) is 11.3 Å². The molecule has 198 valence electrons. The molecule has 0 radical (unpaired) electrons. The van der Waals surface area contributed by atoms with Gasteiger partial charge in [-0.15, -0.1) is 11.6 Å². The predicted octanol–water partition coefficient (Wildman–Crippen LogP) is 6.19. The predicted molar refractivity (Wildman–Crippen MR) is 138 cm³/mol. The van der Waals surface area contributed by atoms with Crippen LogP contribution in [0.2, 0.25) is 5.02 Å². The topological polar surface area (TPSA) is 83.7 Å². The first-order chi connectivity index (χ1) is 17.3. The summed E-state index contributed by atoms with van der Waals surface area (Å²) in [6.07, 6.45) is -3.70. The number of benzene rings is 2. The summed E-state index contributed by atoms with van der Waals surface area (Å²) in [5.74, 6) is -1.24. The van der Waals surface area contributed by atoms with Gasteiger partial charge in [0.2, 0.25) is 0 Å². The Morgan fingerprint density at radius 3 is 2.35 bits per heavy atom. The fraction of sp³-hybridized carbons (Fsp3) is 0.346. The van der Waals surface area contributed by atoms with E-state index in [4.69, 9.17) is 32.7 Å². The van der Waals surface area contributed by atoms with E-state index in [0.717, 1.165) is 11.1 Å². The van der Waals surface area contributed by atoms with E-state index in [-0.39, 0.29) is 24.9 Å². The third-order valence-electron chi connectivity index (χ3n) is 5.37. The van der Waals surface area contributed by atoms with Crippen molar-refractivity contribution in [3.8, 4) is 17.6 Å². The molecule has 2 aromatic rings. The van der Waals surface area contributed by atoms with Gasteiger partial charge in [-0.3, -0.25) is 9.79 Å². The van der Waals surface area contributed by atoms with E-state index in [1.807, 2.05) is 26.0 Å². The average Bonchev–Trinajstić information content (AvgIpc) is 2.85. The van der Waals surface area contributed by atoms with Crippen molar-refractivity contribution in [1.29, 1.82) is 5.26 Å². The monoisotopic (exact) mass is 555 g/mol. The second-order valence-electron chi connectivity index (χ2n) is 8.47. The molecule has 0 aliphatic carbocycles. The largest absolute Gasteiger partial charge is 0.489 e. The lowest BCUT2D eigenvalue weighted by Gasteiger charge is -2.27. The number of alkyl halides is 4. The Kier molecular flexibility index (Phi) is 10.4. The van der Waals surface area contributed by atoms with Gasteiger partial charge in [0, 0.05) is 12.5 Å². The van der Waals surface area contributed by atoms with Gasteiger partial charge in [-0.25, -0.2) is 0 Å². The molecule has 0 bridgehead atoms. The molecule has 2 aromatic carbocycles. The summed E-state index contributed by atoms with van der Waals surface area (Å²) in [6.45, 7) is 5.91. The van der Waals surface area contributed by atoms with Crippen LogP contribution < -0.4 is 14.8 Å². The number of amides is 1. The van der Waals surface area contributed by atoms with Gasteiger partial charge in [-0.1, -0.05) is 37.6 Å². The van der Waals surface area contributed by atoms with Gasteiger partial charge < -0.3 is 14.8 Å². The first kappa shape index (κ1) is 30.0. The lowest BCUT2D eigenvalue weighted by Crippen LogP contribution is -2.40. The van der Waals surface area contributed by atoms with Crippen molar-refractivity contribution in [3.63, 3.8) is 0 Å². The minimum Gasteiger partial charge on any atom is -0.489 e. The summed E-state index contributed by atoms with van der Waals surface area (Å²) < 4.78 is 48.6. The fourth-order valence-corrected chi connectivity index (χ4v) is 3.63. The van der Waals surface area contributed by atoms with Crippen molar-refractivity contribution in [3.05, 3.63) is 69.8 Å². The molecule has 0 saturated carbocycles.